The zero-order chi connectivity index (χ0) is 41.4. The van der Waals surface area contributed by atoms with E-state index in [0.29, 0.717) is 0 Å². The summed E-state index contributed by atoms with van der Waals surface area (Å²) in [5.41, 5.74) is 21.6. The molecule has 2 aliphatic heterocycles. The van der Waals surface area contributed by atoms with Gasteiger partial charge in [0, 0.05) is 24.2 Å². The number of aliphatic hydroxyl groups is 1. The third-order valence-electron chi connectivity index (χ3n) is 11.3. The Labute approximate surface area is 348 Å². The summed E-state index contributed by atoms with van der Waals surface area (Å²) in [6, 6.07) is 15.3. The van der Waals surface area contributed by atoms with E-state index in [0.717, 1.165) is 127 Å². The average Bonchev–Trinajstić information content (AvgIpc) is 4.01. The predicted molar refractivity (Wildman–Crippen MR) is 238 cm³/mol. The number of nitrogens with zero attached hydrogens (tertiary/aromatic N) is 4. The van der Waals surface area contributed by atoms with E-state index >= 15 is 0 Å². The van der Waals surface area contributed by atoms with Crippen LogP contribution in [-0.2, 0) is 38.5 Å². The van der Waals surface area contributed by atoms with Crippen LogP contribution in [0.25, 0.3) is 40.2 Å². The molecule has 0 fully saturated rings. The molecule has 0 radical (unpaired) electrons. The van der Waals surface area contributed by atoms with Crippen LogP contribution in [0.3, 0.4) is 0 Å². The maximum atomic E-state index is 11.0. The molecule has 8 nitrogen and oxygen atoms in total. The predicted octanol–water partition coefficient (Wildman–Crippen LogP) is 11.8. The van der Waals surface area contributed by atoms with Crippen LogP contribution in [0.1, 0.15) is 130 Å². The summed E-state index contributed by atoms with van der Waals surface area (Å²) in [4.78, 5) is 27.5. The van der Waals surface area contributed by atoms with Crippen LogP contribution >= 0.6 is 23.2 Å². The van der Waals surface area contributed by atoms with E-state index in [1.807, 2.05) is 0 Å². The van der Waals surface area contributed by atoms with E-state index in [4.69, 9.17) is 43.3 Å². The monoisotopic (exact) mass is 805 g/mol. The summed E-state index contributed by atoms with van der Waals surface area (Å²) in [7, 11) is 1.00. The fourth-order valence-corrected chi connectivity index (χ4v) is 8.94. The number of pyridine rings is 2. The normalized spacial score (nSPS) is 15.1. The van der Waals surface area contributed by atoms with Crippen molar-refractivity contribution in [3.63, 3.8) is 0 Å². The van der Waals surface area contributed by atoms with Crippen LogP contribution in [0.4, 0.5) is 0 Å². The lowest BCUT2D eigenvalue weighted by atomic mass is 9.91. The Morgan fingerprint density at radius 3 is 1.40 bits per heavy atom. The summed E-state index contributed by atoms with van der Waals surface area (Å²) >= 11 is 9.53. The summed E-state index contributed by atoms with van der Waals surface area (Å²) in [5, 5.41) is 18.2. The van der Waals surface area contributed by atoms with Crippen molar-refractivity contribution in [3.05, 3.63) is 109 Å². The molecule has 300 valence electrons. The molecule has 0 aromatic carbocycles. The number of aliphatic imine (C=N–C) groups is 1. The minimum Gasteiger partial charge on any atom is -0.400 e. The van der Waals surface area contributed by atoms with Crippen LogP contribution in [0.5, 0.6) is 0 Å². The molecule has 7 heterocycles. The molecule has 5 aromatic rings. The van der Waals surface area contributed by atoms with Crippen LogP contribution in [-0.4, -0.2) is 48.2 Å². The summed E-state index contributed by atoms with van der Waals surface area (Å²) < 4.78 is 0. The number of fused-ring (bicyclic) bond motifs is 15. The molecular formula is C47H57Cl2N7O. The zero-order valence-electron chi connectivity index (χ0n) is 35.0. The number of hydrogen-bond acceptors (Lipinski definition) is 5. The van der Waals surface area contributed by atoms with Gasteiger partial charge in [-0.3, -0.25) is 0 Å². The van der Waals surface area contributed by atoms with E-state index in [1.54, 1.807) is 0 Å². The van der Waals surface area contributed by atoms with Gasteiger partial charge in [-0.2, -0.15) is 5.26 Å². The molecule has 0 amide bonds. The molecule has 5 aromatic heterocycles. The third kappa shape index (κ3) is 7.95. The number of H-pyrrole nitrogens is 3. The highest BCUT2D eigenvalue weighted by atomic mass is 35.5. The number of hydrogen-bond donors (Lipinski definition) is 4. The minimum absolute atomic E-state index is 0.194. The van der Waals surface area contributed by atoms with E-state index in [9.17, 15) is 5.26 Å². The van der Waals surface area contributed by atoms with Crippen molar-refractivity contribution >= 4 is 35.0 Å². The second-order valence-corrected chi connectivity index (χ2v) is 14.7. The first-order valence-electron chi connectivity index (χ1n) is 20.5. The molecule has 4 N–H and O–H groups in total. The van der Waals surface area contributed by atoms with E-state index < -0.39 is 5.92 Å². The van der Waals surface area contributed by atoms with Gasteiger partial charge in [0.05, 0.1) is 62.7 Å². The van der Waals surface area contributed by atoms with Gasteiger partial charge < -0.3 is 20.1 Å². The second kappa shape index (κ2) is 19.7. The first-order chi connectivity index (χ1) is 27.8. The first kappa shape index (κ1) is 43.4. The van der Waals surface area contributed by atoms with Gasteiger partial charge in [-0.05, 0) is 126 Å². The van der Waals surface area contributed by atoms with Crippen molar-refractivity contribution in [1.82, 2.24) is 24.9 Å². The molecule has 1 atom stereocenters. The number of aliphatic hydroxyl groups excluding tert-OH is 1. The highest BCUT2D eigenvalue weighted by Crippen LogP contribution is 2.41. The number of rotatable bonds is 8. The summed E-state index contributed by atoms with van der Waals surface area (Å²) in [5.74, 6) is -0.502. The maximum absolute atomic E-state index is 11.0. The molecule has 57 heavy (non-hydrogen) atoms. The quantitative estimate of drug-likeness (QED) is 0.116. The molecular weight excluding hydrogens is 749 g/mol. The topological polar surface area (TPSA) is 130 Å². The van der Waals surface area contributed by atoms with Crippen LogP contribution < -0.4 is 0 Å². The Bertz CT molecular complexity index is 2350. The van der Waals surface area contributed by atoms with Gasteiger partial charge in [0.25, 0.3) is 0 Å². The Balaban J connectivity index is 0.00000118. The van der Waals surface area contributed by atoms with E-state index in [2.05, 4.69) is 119 Å². The van der Waals surface area contributed by atoms with Crippen molar-refractivity contribution in [2.75, 3.05) is 12.4 Å². The van der Waals surface area contributed by atoms with Gasteiger partial charge in [0.1, 0.15) is 5.92 Å². The highest BCUT2D eigenvalue weighted by molar-refractivity contribution is 6.40. The lowest BCUT2D eigenvalue weighted by Gasteiger charge is -2.12. The van der Waals surface area contributed by atoms with Crippen LogP contribution in [0.15, 0.2) is 58.2 Å². The lowest BCUT2D eigenvalue weighted by molar-refractivity contribution is 0.399. The number of aromatic nitrogens is 5. The summed E-state index contributed by atoms with van der Waals surface area (Å²) in [6.45, 7) is 17.7. The fourth-order valence-electron chi connectivity index (χ4n) is 8.94. The molecule has 0 unspecified atom stereocenters. The smallest absolute Gasteiger partial charge is 0.127 e. The van der Waals surface area contributed by atoms with Gasteiger partial charge in [-0.15, -0.1) is 23.2 Å². The minimum atomic E-state index is -0.502. The molecule has 7 rings (SSSR count). The first-order valence-corrected chi connectivity index (χ1v) is 21.5. The number of aromatic amines is 3. The average molecular weight is 807 g/mol. The van der Waals surface area contributed by atoms with E-state index in [-0.39, 0.29) is 5.34 Å². The summed E-state index contributed by atoms with van der Waals surface area (Å²) in [6.07, 6.45) is 9.10. The maximum Gasteiger partial charge on any atom is 0.127 e. The molecule has 10 heteroatoms. The standard InChI is InChI=1S/C45H51N7.CH2Cl2.CH4O/c1-9-25-27(11-3)42-34-19-17-21-36(47-34)44-31(15-7)29(13-5)40(51-44)33(24-46)41-30(14-6)32(16-8)45(52-41)37-22-18-20-35(48-37)43-28(12-4)26(10-2)39(50-43)23-38(25)49-42;2-1-3;1-2/h17-23,33,49,51-52H,9-16H2,1-8H3;1H2;2H,1H3/b39-23-;;/t33-;;/m1../s1. The number of halogens is 2. The van der Waals surface area contributed by atoms with Crippen LogP contribution in [0, 0.1) is 11.3 Å². The van der Waals surface area contributed by atoms with Crippen molar-refractivity contribution < 1.29 is 5.11 Å². The number of alkyl halides is 2. The van der Waals surface area contributed by atoms with Crippen molar-refractivity contribution in [3.8, 4) is 40.2 Å². The molecule has 12 bridgehead atoms. The number of nitrogens with one attached hydrogen (secondary N) is 3. The largest absolute Gasteiger partial charge is 0.400 e. The van der Waals surface area contributed by atoms with Crippen LogP contribution in [0.2, 0.25) is 0 Å². The van der Waals surface area contributed by atoms with Gasteiger partial charge in [-0.25, -0.2) is 15.0 Å². The number of nitriles is 1. The van der Waals surface area contributed by atoms with Crippen molar-refractivity contribution in [2.24, 2.45) is 4.99 Å². The molecule has 0 aliphatic carbocycles. The van der Waals surface area contributed by atoms with Gasteiger partial charge >= 0.3 is 0 Å². The second-order valence-electron chi connectivity index (χ2n) is 13.9. The Morgan fingerprint density at radius 2 is 0.982 bits per heavy atom. The lowest BCUT2D eigenvalue weighted by Crippen LogP contribution is -2.06. The van der Waals surface area contributed by atoms with E-state index in [1.165, 1.54) is 44.5 Å². The Hall–Kier alpha value is -4.68. The Kier molecular flexibility index (Phi) is 15.0. The molecule has 0 saturated heterocycles. The zero-order valence-corrected chi connectivity index (χ0v) is 36.5. The third-order valence-corrected chi connectivity index (χ3v) is 11.3. The number of allylic oxidation sites excluding steroid dienone is 2. The Morgan fingerprint density at radius 1 is 0.579 bits per heavy atom. The van der Waals surface area contributed by atoms with Gasteiger partial charge in [0.2, 0.25) is 0 Å². The molecule has 0 saturated carbocycles. The van der Waals surface area contributed by atoms with Crippen molar-refractivity contribution in [2.45, 2.75) is 113 Å². The molecule has 2 aliphatic rings. The SMILES string of the molecule is CCC1=C(CC)/C2=C/c3[nH]c(c(CC)c3CC)-c3cccc(n3)-c3[nH]c(c(CC)c3CC)[C@@H](C#N)c3[nH]c(c(CC)c3CC)-c3cccc(n3)C1=N2.CO.ClCCl. The van der Waals surface area contributed by atoms with Crippen molar-refractivity contribution in [1.29, 1.82) is 5.26 Å². The van der Waals surface area contributed by atoms with Gasteiger partial charge in [-0.1, -0.05) is 67.5 Å². The van der Waals surface area contributed by atoms with Gasteiger partial charge in [0.15, 0.2) is 0 Å². The highest BCUT2D eigenvalue weighted by Gasteiger charge is 2.31. The molecule has 0 spiro atoms. The fraction of sp³-hybridized carbons (Fsp3) is 0.404.